The predicted octanol–water partition coefficient (Wildman–Crippen LogP) is 2.38. The van der Waals surface area contributed by atoms with E-state index < -0.39 is 0 Å². The highest BCUT2D eigenvalue weighted by molar-refractivity contribution is 5.28. The summed E-state index contributed by atoms with van der Waals surface area (Å²) in [4.78, 5) is 0. The molecule has 1 aromatic rings. The van der Waals surface area contributed by atoms with Gasteiger partial charge in [-0.15, -0.1) is 0 Å². The molecule has 0 radical (unpaired) electrons. The van der Waals surface area contributed by atoms with E-state index in [9.17, 15) is 0 Å². The Labute approximate surface area is 97.0 Å². The van der Waals surface area contributed by atoms with Crippen molar-refractivity contribution in [1.29, 1.82) is 0 Å². The lowest BCUT2D eigenvalue weighted by atomic mass is 9.50. The van der Waals surface area contributed by atoms with Crippen molar-refractivity contribution in [3.8, 4) is 5.75 Å². The summed E-state index contributed by atoms with van der Waals surface area (Å²) < 4.78 is 5.22. The summed E-state index contributed by atoms with van der Waals surface area (Å²) in [5.41, 5.74) is 1.92. The van der Waals surface area contributed by atoms with Crippen molar-refractivity contribution >= 4 is 0 Å². The molecule has 86 valence electrons. The van der Waals surface area contributed by atoms with Gasteiger partial charge in [0.25, 0.3) is 0 Å². The smallest absolute Gasteiger partial charge is 0.119 e. The van der Waals surface area contributed by atoms with Gasteiger partial charge in [0.05, 0.1) is 7.11 Å². The van der Waals surface area contributed by atoms with E-state index in [-0.39, 0.29) is 0 Å². The highest BCUT2D eigenvalue weighted by Crippen LogP contribution is 2.56. The molecule has 1 aromatic carbocycles. The maximum absolute atomic E-state index is 5.22. The van der Waals surface area contributed by atoms with Crippen molar-refractivity contribution in [2.45, 2.75) is 31.2 Å². The zero-order valence-corrected chi connectivity index (χ0v) is 9.83. The normalized spacial score (nSPS) is 30.4. The van der Waals surface area contributed by atoms with E-state index in [1.807, 2.05) is 6.07 Å². The van der Waals surface area contributed by atoms with Crippen LogP contribution in [0.3, 0.4) is 0 Å². The molecule has 0 heterocycles. The van der Waals surface area contributed by atoms with Crippen molar-refractivity contribution in [3.63, 3.8) is 0 Å². The third kappa shape index (κ3) is 1.71. The molecule has 0 amide bonds. The first-order chi connectivity index (χ1) is 7.80. The van der Waals surface area contributed by atoms with Gasteiger partial charge in [-0.3, -0.25) is 0 Å². The fourth-order valence-electron chi connectivity index (χ4n) is 2.99. The molecule has 0 spiro atoms. The second-order valence-corrected chi connectivity index (χ2v) is 5.29. The van der Waals surface area contributed by atoms with E-state index in [0.29, 0.717) is 5.54 Å². The molecule has 4 rings (SSSR count). The fraction of sp³-hybridized carbons (Fsp3) is 0.571. The third-order valence-electron chi connectivity index (χ3n) is 4.09. The van der Waals surface area contributed by atoms with Gasteiger partial charge in [0.2, 0.25) is 0 Å². The molecule has 2 bridgehead atoms. The summed E-state index contributed by atoms with van der Waals surface area (Å²) in [6.45, 7) is 1.10. The van der Waals surface area contributed by atoms with Crippen LogP contribution in [0.15, 0.2) is 24.3 Å². The Hall–Kier alpha value is -1.02. The molecule has 0 atom stereocenters. The molecular weight excluding hydrogens is 198 g/mol. The lowest BCUT2D eigenvalue weighted by Gasteiger charge is -2.62. The van der Waals surface area contributed by atoms with Gasteiger partial charge >= 0.3 is 0 Å². The minimum Gasteiger partial charge on any atom is -0.497 e. The van der Waals surface area contributed by atoms with Crippen LogP contribution in [-0.4, -0.2) is 19.2 Å². The van der Waals surface area contributed by atoms with Gasteiger partial charge in [-0.2, -0.15) is 0 Å². The quantitative estimate of drug-likeness (QED) is 0.817. The highest BCUT2D eigenvalue weighted by atomic mass is 16.5. The maximum Gasteiger partial charge on any atom is 0.119 e. The Kier molecular flexibility index (Phi) is 2.40. The molecule has 1 N–H and O–H groups in total. The van der Waals surface area contributed by atoms with E-state index in [4.69, 9.17) is 4.74 Å². The summed E-state index contributed by atoms with van der Waals surface area (Å²) in [5, 5.41) is 3.71. The van der Waals surface area contributed by atoms with Gasteiger partial charge in [0.1, 0.15) is 5.75 Å². The molecule has 3 fully saturated rings. The van der Waals surface area contributed by atoms with Crippen LogP contribution in [0.25, 0.3) is 0 Å². The SMILES string of the molecule is COc1cccc(CCNC23CC(C2)C3)c1. The van der Waals surface area contributed by atoms with E-state index in [2.05, 4.69) is 23.5 Å². The van der Waals surface area contributed by atoms with Crippen LogP contribution in [0.5, 0.6) is 5.75 Å². The standard InChI is InChI=1S/C14H19NO/c1-16-13-4-2-3-11(7-13)5-6-15-14-8-12(9-14)10-14/h2-4,7,12,15H,5-6,8-10H2,1H3. The summed E-state index contributed by atoms with van der Waals surface area (Å²) >= 11 is 0. The van der Waals surface area contributed by atoms with E-state index in [0.717, 1.165) is 24.6 Å². The molecule has 2 heteroatoms. The summed E-state index contributed by atoms with van der Waals surface area (Å²) in [6.07, 6.45) is 5.37. The van der Waals surface area contributed by atoms with Gasteiger partial charge in [0, 0.05) is 5.54 Å². The van der Waals surface area contributed by atoms with Crippen molar-refractivity contribution in [1.82, 2.24) is 5.32 Å². The summed E-state index contributed by atoms with van der Waals surface area (Å²) in [7, 11) is 1.72. The Balaban J connectivity index is 1.49. The number of rotatable bonds is 5. The maximum atomic E-state index is 5.22. The Bertz CT molecular complexity index is 371. The Morgan fingerprint density at radius 2 is 2.19 bits per heavy atom. The molecule has 16 heavy (non-hydrogen) atoms. The Morgan fingerprint density at radius 3 is 2.81 bits per heavy atom. The Morgan fingerprint density at radius 1 is 1.38 bits per heavy atom. The first kappa shape index (κ1) is 10.2. The molecule has 0 aromatic heterocycles. The van der Waals surface area contributed by atoms with Crippen molar-refractivity contribution in [2.24, 2.45) is 5.92 Å². The van der Waals surface area contributed by atoms with Gasteiger partial charge in [-0.05, 0) is 55.8 Å². The first-order valence-corrected chi connectivity index (χ1v) is 6.18. The van der Waals surface area contributed by atoms with Gasteiger partial charge in [-0.25, -0.2) is 0 Å². The zero-order chi connectivity index (χ0) is 11.0. The monoisotopic (exact) mass is 217 g/mol. The summed E-state index contributed by atoms with van der Waals surface area (Å²) in [6, 6.07) is 8.36. The second-order valence-electron chi connectivity index (χ2n) is 5.29. The highest BCUT2D eigenvalue weighted by Gasteiger charge is 2.55. The number of nitrogens with one attached hydrogen (secondary N) is 1. The van der Waals surface area contributed by atoms with Crippen LogP contribution in [0.4, 0.5) is 0 Å². The van der Waals surface area contributed by atoms with Crippen LogP contribution in [0, 0.1) is 5.92 Å². The average Bonchev–Trinajstić information content (AvgIpc) is 2.20. The molecule has 0 unspecified atom stereocenters. The van der Waals surface area contributed by atoms with Gasteiger partial charge in [-0.1, -0.05) is 12.1 Å². The number of hydrogen-bond donors (Lipinski definition) is 1. The molecule has 3 aliphatic rings. The van der Waals surface area contributed by atoms with Crippen LogP contribution in [0.2, 0.25) is 0 Å². The minimum atomic E-state index is 0.559. The lowest BCUT2D eigenvalue weighted by molar-refractivity contribution is -0.0499. The van der Waals surface area contributed by atoms with Crippen molar-refractivity contribution in [2.75, 3.05) is 13.7 Å². The molecule has 3 aliphatic carbocycles. The third-order valence-corrected chi connectivity index (χ3v) is 4.09. The predicted molar refractivity (Wildman–Crippen MR) is 64.8 cm³/mol. The molecule has 0 saturated heterocycles. The second kappa shape index (κ2) is 3.77. The van der Waals surface area contributed by atoms with Gasteiger partial charge in [0.15, 0.2) is 0 Å². The fourth-order valence-corrected chi connectivity index (χ4v) is 2.99. The number of benzene rings is 1. The number of hydrogen-bond acceptors (Lipinski definition) is 2. The largest absolute Gasteiger partial charge is 0.497 e. The molecular formula is C14H19NO. The zero-order valence-electron chi connectivity index (χ0n) is 9.83. The van der Waals surface area contributed by atoms with Crippen LogP contribution in [0.1, 0.15) is 24.8 Å². The van der Waals surface area contributed by atoms with Crippen LogP contribution >= 0.6 is 0 Å². The molecule has 2 nitrogen and oxygen atoms in total. The van der Waals surface area contributed by atoms with Crippen molar-refractivity contribution < 1.29 is 4.74 Å². The number of methoxy groups -OCH3 is 1. The van der Waals surface area contributed by atoms with Crippen molar-refractivity contribution in [3.05, 3.63) is 29.8 Å². The van der Waals surface area contributed by atoms with E-state index >= 15 is 0 Å². The van der Waals surface area contributed by atoms with Gasteiger partial charge < -0.3 is 10.1 Å². The summed E-state index contributed by atoms with van der Waals surface area (Å²) in [5.74, 6) is 2.02. The molecule has 3 saturated carbocycles. The average molecular weight is 217 g/mol. The number of ether oxygens (including phenoxy) is 1. The lowest BCUT2D eigenvalue weighted by Crippen LogP contribution is -2.67. The minimum absolute atomic E-state index is 0.559. The topological polar surface area (TPSA) is 21.3 Å². The van der Waals surface area contributed by atoms with Crippen LogP contribution in [-0.2, 0) is 6.42 Å². The molecule has 0 aliphatic heterocycles. The van der Waals surface area contributed by atoms with E-state index in [1.54, 1.807) is 7.11 Å². The first-order valence-electron chi connectivity index (χ1n) is 6.18. The van der Waals surface area contributed by atoms with Crippen LogP contribution < -0.4 is 10.1 Å². The van der Waals surface area contributed by atoms with E-state index in [1.165, 1.54) is 24.8 Å².